The Labute approximate surface area is 210 Å². The average molecular weight is 518 g/mol. The molecule has 33 heavy (non-hydrogen) atoms. The van der Waals surface area contributed by atoms with Crippen LogP contribution >= 0.6 is 47.0 Å². The summed E-state index contributed by atoms with van der Waals surface area (Å²) in [5.41, 5.74) is 1.26. The molecule has 0 aliphatic heterocycles. The van der Waals surface area contributed by atoms with E-state index in [0.29, 0.717) is 43.6 Å². The van der Waals surface area contributed by atoms with Crippen LogP contribution in [0.15, 0.2) is 83.3 Å². The summed E-state index contributed by atoms with van der Waals surface area (Å²) in [5, 5.41) is 7.02. The molecule has 5 nitrogen and oxygen atoms in total. The fraction of sp³-hybridized carbons (Fsp3) is 0. The molecular weight excluding hydrogens is 503 g/mol. The van der Waals surface area contributed by atoms with E-state index >= 15 is 0 Å². The number of hydrogen-bond acceptors (Lipinski definition) is 4. The largest absolute Gasteiger partial charge is 0.457 e. The minimum atomic E-state index is -0.500. The van der Waals surface area contributed by atoms with Gasteiger partial charge >= 0.3 is 0 Å². The third-order valence-corrected chi connectivity index (χ3v) is 5.71. The second kappa shape index (κ2) is 10.3. The van der Waals surface area contributed by atoms with Crippen LogP contribution in [0.25, 0.3) is 11.3 Å². The Bertz CT molecular complexity index is 1310. The molecule has 0 saturated carbocycles. The van der Waals surface area contributed by atoms with E-state index in [1.54, 1.807) is 72.8 Å². The SMILES string of the molecule is O=C(NC(=S)Nc1ccc(Oc2ccc(Cl)cc2)cc1)c1ccc(-c2cccc(Cl)c2Cl)o1. The van der Waals surface area contributed by atoms with Crippen LogP contribution in [0.4, 0.5) is 5.69 Å². The lowest BCUT2D eigenvalue weighted by molar-refractivity contribution is 0.0951. The van der Waals surface area contributed by atoms with Gasteiger partial charge in [-0.25, -0.2) is 0 Å². The highest BCUT2D eigenvalue weighted by Gasteiger charge is 2.16. The van der Waals surface area contributed by atoms with E-state index in [0.717, 1.165) is 0 Å². The van der Waals surface area contributed by atoms with Crippen LogP contribution in [-0.2, 0) is 0 Å². The predicted octanol–water partition coefficient (Wildman–Crippen LogP) is 7.83. The number of benzene rings is 3. The first-order valence-electron chi connectivity index (χ1n) is 9.59. The maximum atomic E-state index is 12.5. The Morgan fingerprint density at radius 2 is 1.52 bits per heavy atom. The Kier molecular flexibility index (Phi) is 7.20. The molecule has 2 N–H and O–H groups in total. The Balaban J connectivity index is 1.35. The fourth-order valence-corrected chi connectivity index (χ4v) is 3.60. The van der Waals surface area contributed by atoms with E-state index in [1.165, 1.54) is 6.07 Å². The summed E-state index contributed by atoms with van der Waals surface area (Å²) in [5.74, 6) is 1.31. The zero-order chi connectivity index (χ0) is 23.4. The van der Waals surface area contributed by atoms with Gasteiger partial charge in [-0.2, -0.15) is 0 Å². The first kappa shape index (κ1) is 23.1. The van der Waals surface area contributed by atoms with Gasteiger partial charge in [0.15, 0.2) is 10.9 Å². The molecule has 0 aliphatic carbocycles. The number of nitrogens with one attached hydrogen (secondary N) is 2. The van der Waals surface area contributed by atoms with Crippen molar-refractivity contribution in [2.45, 2.75) is 0 Å². The van der Waals surface area contributed by atoms with E-state index in [1.807, 2.05) is 0 Å². The van der Waals surface area contributed by atoms with Crippen LogP contribution in [-0.4, -0.2) is 11.0 Å². The lowest BCUT2D eigenvalue weighted by Crippen LogP contribution is -2.33. The van der Waals surface area contributed by atoms with Crippen molar-refractivity contribution in [2.24, 2.45) is 0 Å². The van der Waals surface area contributed by atoms with Crippen molar-refractivity contribution in [3.63, 3.8) is 0 Å². The normalized spacial score (nSPS) is 10.5. The second-order valence-corrected chi connectivity index (χ2v) is 8.38. The highest BCUT2D eigenvalue weighted by atomic mass is 35.5. The van der Waals surface area contributed by atoms with Crippen molar-refractivity contribution in [1.29, 1.82) is 0 Å². The summed E-state index contributed by atoms with van der Waals surface area (Å²) in [6, 6.07) is 22.5. The van der Waals surface area contributed by atoms with Crippen molar-refractivity contribution in [3.8, 4) is 22.8 Å². The standard InChI is InChI=1S/C24H15Cl3N2O3S/c25-14-4-8-16(9-5-14)31-17-10-6-15(7-11-17)28-24(33)29-23(30)21-13-12-20(32-21)18-2-1-3-19(26)22(18)27/h1-13H,(H2,28,29,30,33). The van der Waals surface area contributed by atoms with E-state index in [4.69, 9.17) is 56.2 Å². The van der Waals surface area contributed by atoms with Crippen molar-refractivity contribution >= 4 is 63.7 Å². The second-order valence-electron chi connectivity index (χ2n) is 6.75. The van der Waals surface area contributed by atoms with Gasteiger partial charge in [-0.1, -0.05) is 40.9 Å². The molecule has 0 aliphatic rings. The number of amides is 1. The lowest BCUT2D eigenvalue weighted by Gasteiger charge is -2.10. The molecule has 1 heterocycles. The number of anilines is 1. The van der Waals surface area contributed by atoms with Gasteiger partial charge in [-0.05, 0) is 85.0 Å². The van der Waals surface area contributed by atoms with Crippen molar-refractivity contribution in [2.75, 3.05) is 5.32 Å². The number of ether oxygens (including phenoxy) is 1. The molecule has 4 aromatic rings. The smallest absolute Gasteiger partial charge is 0.293 e. The summed E-state index contributed by atoms with van der Waals surface area (Å²) < 4.78 is 11.4. The third-order valence-electron chi connectivity index (χ3n) is 4.44. The van der Waals surface area contributed by atoms with E-state index in [9.17, 15) is 4.79 Å². The Hall–Kier alpha value is -3.03. The third kappa shape index (κ3) is 5.86. The van der Waals surface area contributed by atoms with E-state index < -0.39 is 5.91 Å². The maximum Gasteiger partial charge on any atom is 0.293 e. The number of carbonyl (C=O) groups excluding carboxylic acids is 1. The van der Waals surface area contributed by atoms with Crippen molar-refractivity contribution in [3.05, 3.63) is 99.7 Å². The van der Waals surface area contributed by atoms with Crippen LogP contribution in [0.3, 0.4) is 0 Å². The van der Waals surface area contributed by atoms with Crippen molar-refractivity contribution < 1.29 is 13.9 Å². The molecule has 0 atom stereocenters. The molecule has 3 aromatic carbocycles. The average Bonchev–Trinajstić information content (AvgIpc) is 3.29. The molecule has 0 radical (unpaired) electrons. The van der Waals surface area contributed by atoms with Gasteiger partial charge in [0.2, 0.25) is 0 Å². The molecular formula is C24H15Cl3N2O3S. The van der Waals surface area contributed by atoms with Crippen LogP contribution in [0.1, 0.15) is 10.6 Å². The summed E-state index contributed by atoms with van der Waals surface area (Å²) in [4.78, 5) is 12.5. The first-order valence-corrected chi connectivity index (χ1v) is 11.1. The number of furan rings is 1. The Morgan fingerprint density at radius 3 is 2.21 bits per heavy atom. The molecule has 0 fully saturated rings. The summed E-state index contributed by atoms with van der Waals surface area (Å²) in [6.45, 7) is 0. The number of rotatable bonds is 5. The maximum absolute atomic E-state index is 12.5. The molecule has 9 heteroatoms. The minimum absolute atomic E-state index is 0.0805. The van der Waals surface area contributed by atoms with Gasteiger partial charge in [0.05, 0.1) is 10.0 Å². The van der Waals surface area contributed by atoms with E-state index in [-0.39, 0.29) is 10.9 Å². The van der Waals surface area contributed by atoms with Gasteiger partial charge in [-0.15, -0.1) is 0 Å². The predicted molar refractivity (Wildman–Crippen MR) is 136 cm³/mol. The molecule has 1 aromatic heterocycles. The number of halogens is 3. The van der Waals surface area contributed by atoms with Crippen LogP contribution in [0.5, 0.6) is 11.5 Å². The summed E-state index contributed by atoms with van der Waals surface area (Å²) in [6.07, 6.45) is 0. The van der Waals surface area contributed by atoms with Gasteiger partial charge in [-0.3, -0.25) is 10.1 Å². The topological polar surface area (TPSA) is 63.5 Å². The zero-order valence-corrected chi connectivity index (χ0v) is 19.9. The minimum Gasteiger partial charge on any atom is -0.457 e. The highest BCUT2D eigenvalue weighted by molar-refractivity contribution is 7.80. The van der Waals surface area contributed by atoms with Crippen LogP contribution < -0.4 is 15.4 Å². The van der Waals surface area contributed by atoms with Crippen molar-refractivity contribution in [1.82, 2.24) is 5.32 Å². The van der Waals surface area contributed by atoms with Gasteiger partial charge in [0.1, 0.15) is 17.3 Å². The molecule has 0 unspecified atom stereocenters. The van der Waals surface area contributed by atoms with Gasteiger partial charge in [0, 0.05) is 16.3 Å². The quantitative estimate of drug-likeness (QED) is 0.264. The highest BCUT2D eigenvalue weighted by Crippen LogP contribution is 2.34. The van der Waals surface area contributed by atoms with Crippen LogP contribution in [0, 0.1) is 0 Å². The molecule has 0 saturated heterocycles. The lowest BCUT2D eigenvalue weighted by atomic mass is 10.2. The van der Waals surface area contributed by atoms with E-state index in [2.05, 4.69) is 10.6 Å². The first-order chi connectivity index (χ1) is 15.9. The molecule has 0 bridgehead atoms. The van der Waals surface area contributed by atoms with Gasteiger partial charge in [0.25, 0.3) is 5.91 Å². The summed E-state index contributed by atoms with van der Waals surface area (Å²) >= 11 is 23.4. The molecule has 1 amide bonds. The number of hydrogen-bond donors (Lipinski definition) is 2. The monoisotopic (exact) mass is 516 g/mol. The summed E-state index contributed by atoms with van der Waals surface area (Å²) in [7, 11) is 0. The molecule has 0 spiro atoms. The number of thiocarbonyl (C=S) groups is 1. The van der Waals surface area contributed by atoms with Gasteiger partial charge < -0.3 is 14.5 Å². The van der Waals surface area contributed by atoms with Crippen LogP contribution in [0.2, 0.25) is 15.1 Å². The number of carbonyl (C=O) groups is 1. The zero-order valence-electron chi connectivity index (χ0n) is 16.8. The fourth-order valence-electron chi connectivity index (χ4n) is 2.87. The Morgan fingerprint density at radius 1 is 0.848 bits per heavy atom. The molecule has 166 valence electrons. The molecule has 4 rings (SSSR count).